The first-order chi connectivity index (χ1) is 6.06. The van der Waals surface area contributed by atoms with E-state index in [1.165, 1.54) is 0 Å². The number of aryl methyl sites for hydroxylation is 2. The second-order valence-electron chi connectivity index (χ2n) is 3.12. The molecule has 0 amide bonds. The molecule has 4 nitrogen and oxygen atoms in total. The zero-order chi connectivity index (χ0) is 10.0. The lowest BCUT2D eigenvalue weighted by Crippen LogP contribution is -2.10. The fraction of sp³-hybridized carbons (Fsp3) is 0.556. The van der Waals surface area contributed by atoms with Crippen LogP contribution in [0.25, 0.3) is 0 Å². The summed E-state index contributed by atoms with van der Waals surface area (Å²) < 4.78 is 1.83. The van der Waals surface area contributed by atoms with E-state index in [9.17, 15) is 4.79 Å². The second-order valence-corrected chi connectivity index (χ2v) is 3.12. The molecule has 0 bridgehead atoms. The summed E-state index contributed by atoms with van der Waals surface area (Å²) in [4.78, 5) is 15.0. The molecular formula is C9H14N2O2. The summed E-state index contributed by atoms with van der Waals surface area (Å²) in [5, 5.41) is 8.88. The molecule has 1 atom stereocenters. The highest BCUT2D eigenvalue weighted by Crippen LogP contribution is 2.18. The van der Waals surface area contributed by atoms with E-state index in [0.29, 0.717) is 12.1 Å². The average Bonchev–Trinajstić information content (AvgIpc) is 2.32. The van der Waals surface area contributed by atoms with Crippen LogP contribution in [0.3, 0.4) is 0 Å². The van der Waals surface area contributed by atoms with Crippen LogP contribution >= 0.6 is 0 Å². The van der Waals surface area contributed by atoms with Crippen molar-refractivity contribution in [2.75, 3.05) is 0 Å². The standard InChI is InChI=1S/C9H14N2O2/c1-4-7(9(12)13)8-5-11(3)6(2)10-8/h5,7H,4H2,1-3H3,(H,12,13). The van der Waals surface area contributed by atoms with Crippen molar-refractivity contribution in [3.63, 3.8) is 0 Å². The van der Waals surface area contributed by atoms with Gasteiger partial charge in [-0.05, 0) is 13.3 Å². The predicted octanol–water partition coefficient (Wildman–Crippen LogP) is 1.31. The second kappa shape index (κ2) is 3.60. The molecule has 0 aliphatic carbocycles. The van der Waals surface area contributed by atoms with Crippen LogP contribution in [0.5, 0.6) is 0 Å². The number of hydrogen-bond acceptors (Lipinski definition) is 2. The zero-order valence-electron chi connectivity index (χ0n) is 8.11. The van der Waals surface area contributed by atoms with Gasteiger partial charge in [-0.1, -0.05) is 6.92 Å². The monoisotopic (exact) mass is 182 g/mol. The number of rotatable bonds is 3. The first-order valence-electron chi connectivity index (χ1n) is 4.29. The Hall–Kier alpha value is -1.32. The van der Waals surface area contributed by atoms with E-state index in [-0.39, 0.29) is 0 Å². The summed E-state index contributed by atoms with van der Waals surface area (Å²) in [5.41, 5.74) is 0.648. The van der Waals surface area contributed by atoms with Crippen LogP contribution in [-0.2, 0) is 11.8 Å². The van der Waals surface area contributed by atoms with Gasteiger partial charge >= 0.3 is 5.97 Å². The SMILES string of the molecule is CCC(C(=O)O)c1cn(C)c(C)n1. The average molecular weight is 182 g/mol. The lowest BCUT2D eigenvalue weighted by atomic mass is 10.0. The Bertz CT molecular complexity index is 298. The van der Waals surface area contributed by atoms with Crippen molar-refractivity contribution in [1.82, 2.24) is 9.55 Å². The number of imidazole rings is 1. The molecule has 4 heteroatoms. The highest BCUT2D eigenvalue weighted by molar-refractivity contribution is 5.75. The molecule has 0 aromatic carbocycles. The number of aliphatic carboxylic acids is 1. The lowest BCUT2D eigenvalue weighted by Gasteiger charge is -2.04. The summed E-state index contributed by atoms with van der Waals surface area (Å²) in [7, 11) is 1.86. The third kappa shape index (κ3) is 1.88. The van der Waals surface area contributed by atoms with Crippen molar-refractivity contribution in [3.8, 4) is 0 Å². The Labute approximate surface area is 77.2 Å². The molecule has 0 radical (unpaired) electrons. The van der Waals surface area contributed by atoms with Gasteiger partial charge < -0.3 is 9.67 Å². The number of carbonyl (C=O) groups is 1. The fourth-order valence-corrected chi connectivity index (χ4v) is 1.26. The topological polar surface area (TPSA) is 55.1 Å². The van der Waals surface area contributed by atoms with Crippen LogP contribution in [0.4, 0.5) is 0 Å². The van der Waals surface area contributed by atoms with Gasteiger partial charge in [0.25, 0.3) is 0 Å². The van der Waals surface area contributed by atoms with Crippen molar-refractivity contribution in [2.24, 2.45) is 7.05 Å². The minimum Gasteiger partial charge on any atom is -0.481 e. The molecule has 0 aliphatic rings. The molecule has 1 heterocycles. The van der Waals surface area contributed by atoms with Gasteiger partial charge in [-0.2, -0.15) is 0 Å². The van der Waals surface area contributed by atoms with E-state index >= 15 is 0 Å². The fourth-order valence-electron chi connectivity index (χ4n) is 1.26. The molecule has 1 aromatic rings. The first kappa shape index (κ1) is 9.77. The van der Waals surface area contributed by atoms with Crippen molar-refractivity contribution in [1.29, 1.82) is 0 Å². The number of hydrogen-bond donors (Lipinski definition) is 1. The molecule has 1 unspecified atom stereocenters. The Balaban J connectivity index is 2.98. The van der Waals surface area contributed by atoms with Gasteiger partial charge in [0.05, 0.1) is 5.69 Å². The van der Waals surface area contributed by atoms with Gasteiger partial charge in [0.15, 0.2) is 0 Å². The van der Waals surface area contributed by atoms with E-state index in [2.05, 4.69) is 4.98 Å². The Kier molecular flexibility index (Phi) is 2.70. The number of carboxylic acids is 1. The number of carboxylic acid groups (broad SMARTS) is 1. The minimum absolute atomic E-state index is 0.472. The molecule has 0 spiro atoms. The van der Waals surface area contributed by atoms with E-state index in [1.807, 2.05) is 25.5 Å². The van der Waals surface area contributed by atoms with E-state index < -0.39 is 11.9 Å². The van der Waals surface area contributed by atoms with Gasteiger partial charge in [0.2, 0.25) is 0 Å². The lowest BCUT2D eigenvalue weighted by molar-refractivity contribution is -0.138. The minimum atomic E-state index is -0.805. The van der Waals surface area contributed by atoms with Crippen LogP contribution in [-0.4, -0.2) is 20.6 Å². The summed E-state index contributed by atoms with van der Waals surface area (Å²) >= 11 is 0. The van der Waals surface area contributed by atoms with Gasteiger partial charge in [0, 0.05) is 13.2 Å². The zero-order valence-corrected chi connectivity index (χ0v) is 8.11. The van der Waals surface area contributed by atoms with E-state index in [1.54, 1.807) is 6.20 Å². The highest BCUT2D eigenvalue weighted by atomic mass is 16.4. The van der Waals surface area contributed by atoms with Crippen LogP contribution in [0.1, 0.15) is 30.8 Å². The smallest absolute Gasteiger partial charge is 0.312 e. The number of nitrogens with zero attached hydrogens (tertiary/aromatic N) is 2. The summed E-state index contributed by atoms with van der Waals surface area (Å²) in [6.07, 6.45) is 2.35. The molecule has 0 saturated carbocycles. The molecule has 72 valence electrons. The molecule has 1 N–H and O–H groups in total. The summed E-state index contributed by atoms with van der Waals surface area (Å²) in [5.74, 6) is -0.435. The normalized spacial score (nSPS) is 12.8. The van der Waals surface area contributed by atoms with Crippen molar-refractivity contribution < 1.29 is 9.90 Å². The summed E-state index contributed by atoms with van der Waals surface area (Å²) in [6, 6.07) is 0. The van der Waals surface area contributed by atoms with E-state index in [0.717, 1.165) is 5.82 Å². The maximum absolute atomic E-state index is 10.8. The molecule has 1 rings (SSSR count). The van der Waals surface area contributed by atoms with Crippen molar-refractivity contribution in [3.05, 3.63) is 17.7 Å². The van der Waals surface area contributed by atoms with Crippen LogP contribution in [0.2, 0.25) is 0 Å². The Morgan fingerprint density at radius 3 is 2.69 bits per heavy atom. The Morgan fingerprint density at radius 1 is 1.77 bits per heavy atom. The molecule has 0 saturated heterocycles. The van der Waals surface area contributed by atoms with Crippen LogP contribution in [0.15, 0.2) is 6.20 Å². The van der Waals surface area contributed by atoms with Crippen LogP contribution in [0, 0.1) is 6.92 Å². The largest absolute Gasteiger partial charge is 0.481 e. The van der Waals surface area contributed by atoms with Gasteiger partial charge in [-0.15, -0.1) is 0 Å². The maximum atomic E-state index is 10.8. The molecule has 13 heavy (non-hydrogen) atoms. The van der Waals surface area contributed by atoms with Gasteiger partial charge in [0.1, 0.15) is 11.7 Å². The van der Waals surface area contributed by atoms with Crippen LogP contribution < -0.4 is 0 Å². The number of aromatic nitrogens is 2. The quantitative estimate of drug-likeness (QED) is 0.766. The first-order valence-corrected chi connectivity index (χ1v) is 4.29. The molecule has 0 fully saturated rings. The molecular weight excluding hydrogens is 168 g/mol. The maximum Gasteiger partial charge on any atom is 0.312 e. The molecule has 0 aliphatic heterocycles. The van der Waals surface area contributed by atoms with E-state index in [4.69, 9.17) is 5.11 Å². The third-order valence-corrected chi connectivity index (χ3v) is 2.19. The predicted molar refractivity (Wildman–Crippen MR) is 48.6 cm³/mol. The third-order valence-electron chi connectivity index (χ3n) is 2.19. The molecule has 1 aromatic heterocycles. The van der Waals surface area contributed by atoms with Crippen molar-refractivity contribution >= 4 is 5.97 Å². The van der Waals surface area contributed by atoms with Crippen molar-refractivity contribution in [2.45, 2.75) is 26.2 Å². The summed E-state index contributed by atoms with van der Waals surface area (Å²) in [6.45, 7) is 3.71. The van der Waals surface area contributed by atoms with Gasteiger partial charge in [-0.25, -0.2) is 4.98 Å². The Morgan fingerprint density at radius 2 is 2.38 bits per heavy atom. The van der Waals surface area contributed by atoms with Gasteiger partial charge in [-0.3, -0.25) is 4.79 Å². The highest BCUT2D eigenvalue weighted by Gasteiger charge is 2.20.